The number of aryl methyl sites for hydroxylation is 2. The van der Waals surface area contributed by atoms with Crippen LogP contribution in [0.3, 0.4) is 0 Å². The van der Waals surface area contributed by atoms with Crippen molar-refractivity contribution < 1.29 is 9.18 Å². The van der Waals surface area contributed by atoms with Gasteiger partial charge in [0.2, 0.25) is 5.91 Å². The third-order valence-corrected chi connectivity index (χ3v) is 5.76. The third-order valence-electron chi connectivity index (χ3n) is 5.76. The van der Waals surface area contributed by atoms with E-state index in [1.807, 2.05) is 25.1 Å². The molecule has 0 atom stereocenters. The molecule has 0 aliphatic heterocycles. The summed E-state index contributed by atoms with van der Waals surface area (Å²) in [6, 6.07) is 8.75. The molecule has 0 unspecified atom stereocenters. The van der Waals surface area contributed by atoms with Gasteiger partial charge in [0.15, 0.2) is 0 Å². The highest BCUT2D eigenvalue weighted by atomic mass is 19.1. The number of hydrogen-bond acceptors (Lipinski definition) is 3. The summed E-state index contributed by atoms with van der Waals surface area (Å²) in [5, 5.41) is 3.01. The molecule has 28 heavy (non-hydrogen) atoms. The molecule has 3 rings (SSSR count). The van der Waals surface area contributed by atoms with Crippen molar-refractivity contribution in [1.29, 1.82) is 0 Å². The van der Waals surface area contributed by atoms with Crippen LogP contribution in [0.4, 0.5) is 4.39 Å². The standard InChI is InChI=1S/C22H28FN3O2/c1-16-14-17(2)26(21(28)25-16)13-7-10-20(27)24-15-22(11-5-6-12-22)18-8-3-4-9-19(18)23/h3-4,8-9,14H,5-7,10-13,15H2,1-2H3,(H,24,27). The first-order chi connectivity index (χ1) is 13.4. The van der Waals surface area contributed by atoms with Crippen molar-refractivity contribution in [3.05, 3.63) is 63.6 Å². The Balaban J connectivity index is 1.56. The normalized spacial score (nSPS) is 15.5. The molecule has 1 aliphatic carbocycles. The summed E-state index contributed by atoms with van der Waals surface area (Å²) in [5.74, 6) is -0.256. The van der Waals surface area contributed by atoms with Crippen molar-refractivity contribution >= 4 is 5.91 Å². The number of carbonyl (C=O) groups is 1. The predicted molar refractivity (Wildman–Crippen MR) is 107 cm³/mol. The number of halogens is 1. The number of nitrogens with one attached hydrogen (secondary N) is 1. The fourth-order valence-corrected chi connectivity index (χ4v) is 4.28. The van der Waals surface area contributed by atoms with Gasteiger partial charge < -0.3 is 5.32 Å². The van der Waals surface area contributed by atoms with Gasteiger partial charge >= 0.3 is 5.69 Å². The molecule has 0 bridgehead atoms. The maximum atomic E-state index is 14.4. The van der Waals surface area contributed by atoms with Crippen molar-refractivity contribution in [2.45, 2.75) is 64.3 Å². The van der Waals surface area contributed by atoms with Crippen LogP contribution in [-0.2, 0) is 16.8 Å². The molecule has 0 saturated heterocycles. The molecule has 1 saturated carbocycles. The first-order valence-corrected chi connectivity index (χ1v) is 9.98. The zero-order valence-corrected chi connectivity index (χ0v) is 16.6. The van der Waals surface area contributed by atoms with E-state index >= 15 is 0 Å². The van der Waals surface area contributed by atoms with Gasteiger partial charge in [-0.15, -0.1) is 0 Å². The highest BCUT2D eigenvalue weighted by Crippen LogP contribution is 2.41. The monoisotopic (exact) mass is 385 g/mol. The molecule has 1 aromatic heterocycles. The Kier molecular flexibility index (Phi) is 6.27. The second-order valence-corrected chi connectivity index (χ2v) is 7.82. The van der Waals surface area contributed by atoms with Crippen LogP contribution in [0, 0.1) is 19.7 Å². The number of rotatable bonds is 7. The van der Waals surface area contributed by atoms with E-state index in [0.717, 1.165) is 31.4 Å². The number of benzene rings is 1. The molecule has 2 aromatic rings. The SMILES string of the molecule is Cc1cc(C)n(CCCC(=O)NCC2(c3ccccc3F)CCCC2)c(=O)n1. The molecule has 0 radical (unpaired) electrons. The Morgan fingerprint density at radius 3 is 2.64 bits per heavy atom. The topological polar surface area (TPSA) is 64.0 Å². The van der Waals surface area contributed by atoms with Crippen LogP contribution < -0.4 is 11.0 Å². The zero-order valence-electron chi connectivity index (χ0n) is 16.6. The minimum atomic E-state index is -0.310. The van der Waals surface area contributed by atoms with Gasteiger partial charge in [-0.25, -0.2) is 9.18 Å². The molecule has 1 aliphatic rings. The van der Waals surface area contributed by atoms with Gasteiger partial charge in [0.1, 0.15) is 5.82 Å². The lowest BCUT2D eigenvalue weighted by Crippen LogP contribution is -2.39. The number of hydrogen-bond donors (Lipinski definition) is 1. The summed E-state index contributed by atoms with van der Waals surface area (Å²) < 4.78 is 15.9. The van der Waals surface area contributed by atoms with Crippen LogP contribution in [0.15, 0.2) is 35.1 Å². The molecule has 1 aromatic carbocycles. The minimum absolute atomic E-state index is 0.0617. The molecule has 150 valence electrons. The second kappa shape index (κ2) is 8.67. The lowest BCUT2D eigenvalue weighted by Gasteiger charge is -2.30. The first-order valence-electron chi connectivity index (χ1n) is 9.98. The van der Waals surface area contributed by atoms with Crippen LogP contribution in [0.5, 0.6) is 0 Å². The van der Waals surface area contributed by atoms with E-state index in [1.54, 1.807) is 17.6 Å². The Labute approximate surface area is 165 Å². The van der Waals surface area contributed by atoms with Crippen molar-refractivity contribution in [3.63, 3.8) is 0 Å². The Hall–Kier alpha value is -2.50. The quantitative estimate of drug-likeness (QED) is 0.794. The van der Waals surface area contributed by atoms with Gasteiger partial charge in [-0.3, -0.25) is 9.36 Å². The lowest BCUT2D eigenvalue weighted by atomic mass is 9.78. The highest BCUT2D eigenvalue weighted by Gasteiger charge is 2.37. The Morgan fingerprint density at radius 2 is 1.96 bits per heavy atom. The number of carbonyl (C=O) groups excluding carboxylic acids is 1. The zero-order chi connectivity index (χ0) is 20.1. The Bertz CT molecular complexity index is 901. The van der Waals surface area contributed by atoms with E-state index in [2.05, 4.69) is 10.3 Å². The van der Waals surface area contributed by atoms with Gasteiger partial charge in [-0.1, -0.05) is 31.0 Å². The lowest BCUT2D eigenvalue weighted by molar-refractivity contribution is -0.121. The average molecular weight is 385 g/mol. The van der Waals surface area contributed by atoms with E-state index in [4.69, 9.17) is 0 Å². The van der Waals surface area contributed by atoms with Gasteiger partial charge in [-0.05, 0) is 50.8 Å². The third kappa shape index (κ3) is 4.49. The second-order valence-electron chi connectivity index (χ2n) is 7.82. The van der Waals surface area contributed by atoms with Crippen molar-refractivity contribution in [2.75, 3.05) is 6.54 Å². The molecule has 1 N–H and O–H groups in total. The Morgan fingerprint density at radius 1 is 1.25 bits per heavy atom. The van der Waals surface area contributed by atoms with E-state index < -0.39 is 0 Å². The number of amides is 1. The molecule has 1 heterocycles. The number of aromatic nitrogens is 2. The molecule has 0 spiro atoms. The van der Waals surface area contributed by atoms with E-state index in [1.165, 1.54) is 6.07 Å². The van der Waals surface area contributed by atoms with Crippen molar-refractivity contribution in [1.82, 2.24) is 14.9 Å². The summed E-state index contributed by atoms with van der Waals surface area (Å²) in [5.41, 5.74) is 1.67. The molecule has 5 nitrogen and oxygen atoms in total. The molecule has 6 heteroatoms. The predicted octanol–water partition coefficient (Wildman–Crippen LogP) is 3.41. The van der Waals surface area contributed by atoms with Crippen molar-refractivity contribution in [2.24, 2.45) is 0 Å². The summed E-state index contributed by atoms with van der Waals surface area (Å²) >= 11 is 0. The molecule has 1 fully saturated rings. The van der Waals surface area contributed by atoms with E-state index in [-0.39, 0.29) is 22.8 Å². The van der Waals surface area contributed by atoms with E-state index in [0.29, 0.717) is 37.2 Å². The highest BCUT2D eigenvalue weighted by molar-refractivity contribution is 5.76. The summed E-state index contributed by atoms with van der Waals surface area (Å²) in [6.45, 7) is 4.58. The summed E-state index contributed by atoms with van der Waals surface area (Å²) in [7, 11) is 0. The van der Waals surface area contributed by atoms with Crippen LogP contribution in [-0.4, -0.2) is 22.0 Å². The molecular weight excluding hydrogens is 357 g/mol. The van der Waals surface area contributed by atoms with E-state index in [9.17, 15) is 14.0 Å². The van der Waals surface area contributed by atoms with Gasteiger partial charge in [-0.2, -0.15) is 4.98 Å². The summed E-state index contributed by atoms with van der Waals surface area (Å²) in [6.07, 6.45) is 4.76. The van der Waals surface area contributed by atoms with Crippen molar-refractivity contribution in [3.8, 4) is 0 Å². The van der Waals surface area contributed by atoms with Crippen LogP contribution in [0.1, 0.15) is 55.5 Å². The van der Waals surface area contributed by atoms with Gasteiger partial charge in [0.25, 0.3) is 0 Å². The fourth-order valence-electron chi connectivity index (χ4n) is 4.28. The largest absolute Gasteiger partial charge is 0.355 e. The number of nitrogens with zero attached hydrogens (tertiary/aromatic N) is 2. The average Bonchev–Trinajstić information content (AvgIpc) is 3.12. The van der Waals surface area contributed by atoms with Gasteiger partial charge in [0.05, 0.1) is 0 Å². The molecular formula is C22H28FN3O2. The van der Waals surface area contributed by atoms with Crippen LogP contribution >= 0.6 is 0 Å². The maximum Gasteiger partial charge on any atom is 0.347 e. The fraction of sp³-hybridized carbons (Fsp3) is 0.500. The van der Waals surface area contributed by atoms with Crippen LogP contribution in [0.25, 0.3) is 0 Å². The van der Waals surface area contributed by atoms with Crippen LogP contribution in [0.2, 0.25) is 0 Å². The smallest absolute Gasteiger partial charge is 0.347 e. The minimum Gasteiger partial charge on any atom is -0.355 e. The maximum absolute atomic E-state index is 14.4. The van der Waals surface area contributed by atoms with Gasteiger partial charge in [0, 0.05) is 36.3 Å². The summed E-state index contributed by atoms with van der Waals surface area (Å²) in [4.78, 5) is 28.3. The first kappa shape index (κ1) is 20.2. The molecule has 1 amide bonds.